The van der Waals surface area contributed by atoms with Gasteiger partial charge < -0.3 is 23.6 Å². The van der Waals surface area contributed by atoms with E-state index in [1.807, 2.05) is 43.0 Å². The van der Waals surface area contributed by atoms with Gasteiger partial charge in [-0.1, -0.05) is 11.2 Å². The maximum atomic E-state index is 12.7. The Balaban J connectivity index is 1.30. The first kappa shape index (κ1) is 23.3. The number of benzene rings is 1. The van der Waals surface area contributed by atoms with Crippen LogP contribution in [0.1, 0.15) is 35.4 Å². The zero-order chi connectivity index (χ0) is 23.2. The van der Waals surface area contributed by atoms with E-state index in [0.29, 0.717) is 24.2 Å². The number of carbonyl (C=O) groups excluding carboxylic acids is 1. The van der Waals surface area contributed by atoms with Crippen LogP contribution in [0.25, 0.3) is 6.08 Å². The van der Waals surface area contributed by atoms with Crippen LogP contribution in [0, 0.1) is 13.8 Å². The maximum Gasteiger partial charge on any atom is 0.246 e. The maximum absolute atomic E-state index is 12.7. The fraction of sp³-hybridized carbons (Fsp3) is 0.520. The lowest BCUT2D eigenvalue weighted by Gasteiger charge is -2.35. The predicted octanol–water partition coefficient (Wildman–Crippen LogP) is 3.22. The molecule has 33 heavy (non-hydrogen) atoms. The van der Waals surface area contributed by atoms with Crippen molar-refractivity contribution in [2.24, 2.45) is 0 Å². The number of methoxy groups -OCH3 is 1. The molecular weight excluding hydrogens is 422 g/mol. The Labute approximate surface area is 195 Å². The second kappa shape index (κ2) is 10.9. The number of amides is 1. The minimum atomic E-state index is 0.0319. The highest BCUT2D eigenvalue weighted by molar-refractivity contribution is 5.92. The van der Waals surface area contributed by atoms with Gasteiger partial charge in [0.15, 0.2) is 11.5 Å². The largest absolute Gasteiger partial charge is 0.493 e. The molecule has 0 N–H and O–H groups in total. The first-order chi connectivity index (χ1) is 16.0. The summed E-state index contributed by atoms with van der Waals surface area (Å²) in [6.45, 7) is 9.24. The van der Waals surface area contributed by atoms with Crippen LogP contribution in [0.3, 0.4) is 0 Å². The van der Waals surface area contributed by atoms with Gasteiger partial charge >= 0.3 is 0 Å². The molecule has 1 unspecified atom stereocenters. The van der Waals surface area contributed by atoms with E-state index < -0.39 is 0 Å². The number of hydrogen-bond donors (Lipinski definition) is 0. The molecule has 1 amide bonds. The Morgan fingerprint density at radius 1 is 1.21 bits per heavy atom. The lowest BCUT2D eigenvalue weighted by atomic mass is 10.1. The summed E-state index contributed by atoms with van der Waals surface area (Å²) in [7, 11) is 1.60. The van der Waals surface area contributed by atoms with Gasteiger partial charge in [-0.25, -0.2) is 0 Å². The Morgan fingerprint density at radius 2 is 2.03 bits per heavy atom. The summed E-state index contributed by atoms with van der Waals surface area (Å²) >= 11 is 0. The van der Waals surface area contributed by atoms with Crippen molar-refractivity contribution >= 4 is 12.0 Å². The van der Waals surface area contributed by atoms with Crippen LogP contribution < -0.4 is 9.47 Å². The minimum absolute atomic E-state index is 0.0319. The van der Waals surface area contributed by atoms with E-state index in [9.17, 15) is 4.79 Å². The number of carbonyl (C=O) groups is 1. The smallest absolute Gasteiger partial charge is 0.246 e. The van der Waals surface area contributed by atoms with Gasteiger partial charge in [0.25, 0.3) is 0 Å². The molecule has 2 aromatic rings. The van der Waals surface area contributed by atoms with Gasteiger partial charge in [-0.2, -0.15) is 0 Å². The molecule has 3 heterocycles. The van der Waals surface area contributed by atoms with Crippen molar-refractivity contribution in [3.63, 3.8) is 0 Å². The van der Waals surface area contributed by atoms with Crippen molar-refractivity contribution in [3.8, 4) is 11.5 Å². The third-order valence-electron chi connectivity index (χ3n) is 6.33. The highest BCUT2D eigenvalue weighted by atomic mass is 16.5. The zero-order valence-electron chi connectivity index (χ0n) is 19.7. The molecule has 2 aliphatic rings. The SMILES string of the molecule is COc1cc(/C=C/C(=O)N2CCN(CC3CCCO3)CC2)ccc1OCc1c(C)noc1C. The highest BCUT2D eigenvalue weighted by Crippen LogP contribution is 2.30. The first-order valence-electron chi connectivity index (χ1n) is 11.6. The van der Waals surface area contributed by atoms with E-state index in [4.69, 9.17) is 18.7 Å². The lowest BCUT2D eigenvalue weighted by molar-refractivity contribution is -0.127. The van der Waals surface area contributed by atoms with Crippen LogP contribution in [-0.2, 0) is 16.1 Å². The third kappa shape index (κ3) is 5.94. The number of ether oxygens (including phenoxy) is 3. The number of rotatable bonds is 8. The molecule has 0 aliphatic carbocycles. The van der Waals surface area contributed by atoms with E-state index in [-0.39, 0.29) is 5.91 Å². The van der Waals surface area contributed by atoms with Crippen molar-refractivity contribution in [3.05, 3.63) is 46.9 Å². The zero-order valence-corrected chi connectivity index (χ0v) is 19.7. The predicted molar refractivity (Wildman–Crippen MR) is 124 cm³/mol. The van der Waals surface area contributed by atoms with Crippen LogP contribution in [0.4, 0.5) is 0 Å². The average Bonchev–Trinajstić information content (AvgIpc) is 3.46. The van der Waals surface area contributed by atoms with Gasteiger partial charge in [0.05, 0.1) is 24.5 Å². The Kier molecular flexibility index (Phi) is 7.67. The van der Waals surface area contributed by atoms with Crippen molar-refractivity contribution in [2.75, 3.05) is 46.4 Å². The molecule has 8 nitrogen and oxygen atoms in total. The summed E-state index contributed by atoms with van der Waals surface area (Å²) in [5.41, 5.74) is 2.63. The van der Waals surface area contributed by atoms with Crippen LogP contribution >= 0.6 is 0 Å². The van der Waals surface area contributed by atoms with E-state index >= 15 is 0 Å². The molecule has 1 atom stereocenters. The second-order valence-electron chi connectivity index (χ2n) is 8.60. The fourth-order valence-electron chi connectivity index (χ4n) is 4.27. The van der Waals surface area contributed by atoms with Gasteiger partial charge in [0, 0.05) is 45.4 Å². The molecule has 0 bridgehead atoms. The Morgan fingerprint density at radius 3 is 2.70 bits per heavy atom. The summed E-state index contributed by atoms with van der Waals surface area (Å²) < 4.78 is 22.3. The number of aromatic nitrogens is 1. The van der Waals surface area contributed by atoms with Crippen molar-refractivity contribution in [1.82, 2.24) is 15.0 Å². The monoisotopic (exact) mass is 455 g/mol. The molecule has 0 radical (unpaired) electrons. The molecule has 2 saturated heterocycles. The Bertz CT molecular complexity index is 953. The first-order valence-corrected chi connectivity index (χ1v) is 11.6. The lowest BCUT2D eigenvalue weighted by Crippen LogP contribution is -2.50. The number of aryl methyl sites for hydroxylation is 2. The fourth-order valence-corrected chi connectivity index (χ4v) is 4.27. The summed E-state index contributed by atoms with van der Waals surface area (Å²) in [6, 6.07) is 5.63. The van der Waals surface area contributed by atoms with Crippen LogP contribution in [-0.4, -0.2) is 73.4 Å². The van der Waals surface area contributed by atoms with Crippen molar-refractivity contribution < 1.29 is 23.5 Å². The number of piperazine rings is 1. The van der Waals surface area contributed by atoms with Gasteiger partial charge in [-0.05, 0) is 50.5 Å². The van der Waals surface area contributed by atoms with Gasteiger partial charge in [0.2, 0.25) is 5.91 Å². The van der Waals surface area contributed by atoms with Crippen molar-refractivity contribution in [2.45, 2.75) is 39.4 Å². The average molecular weight is 456 g/mol. The molecule has 0 spiro atoms. The van der Waals surface area contributed by atoms with E-state index in [0.717, 1.165) is 74.8 Å². The standard InChI is InChI=1S/C25H33N3O5/c1-18-22(19(2)33-26-18)17-32-23-8-6-20(15-24(23)30-3)7-9-25(29)28-12-10-27(11-13-28)16-21-5-4-14-31-21/h6-9,15,21H,4-5,10-14,16-17H2,1-3H3/b9-7+. The highest BCUT2D eigenvalue weighted by Gasteiger charge is 2.24. The van der Waals surface area contributed by atoms with Crippen molar-refractivity contribution in [1.29, 1.82) is 0 Å². The molecule has 1 aromatic carbocycles. The molecule has 178 valence electrons. The van der Waals surface area contributed by atoms with E-state index in [1.54, 1.807) is 13.2 Å². The van der Waals surface area contributed by atoms with Crippen LogP contribution in [0.2, 0.25) is 0 Å². The number of nitrogens with zero attached hydrogens (tertiary/aromatic N) is 3. The van der Waals surface area contributed by atoms with Crippen LogP contribution in [0.5, 0.6) is 11.5 Å². The normalized spacial score (nSPS) is 19.4. The second-order valence-corrected chi connectivity index (χ2v) is 8.60. The summed E-state index contributed by atoms with van der Waals surface area (Å²) in [5.74, 6) is 2.02. The minimum Gasteiger partial charge on any atom is -0.493 e. The molecular formula is C25H33N3O5. The van der Waals surface area contributed by atoms with Gasteiger partial charge in [-0.15, -0.1) is 0 Å². The molecule has 8 heteroatoms. The topological polar surface area (TPSA) is 77.3 Å². The summed E-state index contributed by atoms with van der Waals surface area (Å²) in [5, 5.41) is 3.95. The molecule has 2 aliphatic heterocycles. The quantitative estimate of drug-likeness (QED) is 0.566. The molecule has 0 saturated carbocycles. The number of hydrogen-bond acceptors (Lipinski definition) is 7. The van der Waals surface area contributed by atoms with Gasteiger partial charge in [0.1, 0.15) is 12.4 Å². The van der Waals surface area contributed by atoms with E-state index in [2.05, 4.69) is 10.1 Å². The molecule has 4 rings (SSSR count). The molecule has 2 fully saturated rings. The van der Waals surface area contributed by atoms with Gasteiger partial charge in [-0.3, -0.25) is 9.69 Å². The van der Waals surface area contributed by atoms with Crippen LogP contribution in [0.15, 0.2) is 28.8 Å². The summed E-state index contributed by atoms with van der Waals surface area (Å²) in [6.07, 6.45) is 6.12. The third-order valence-corrected chi connectivity index (χ3v) is 6.33. The summed E-state index contributed by atoms with van der Waals surface area (Å²) in [4.78, 5) is 17.0. The Hall–Kier alpha value is -2.84. The van der Waals surface area contributed by atoms with E-state index in [1.165, 1.54) is 0 Å². The molecule has 1 aromatic heterocycles.